The number of hydrogen-bond acceptors (Lipinski definition) is 13. The number of carbonyl (C=O) groups excluding carboxylic acids is 5. The lowest BCUT2D eigenvalue weighted by molar-refractivity contribution is -0.137. The summed E-state index contributed by atoms with van der Waals surface area (Å²) in [5, 5.41) is 28.9. The molecule has 8 rings (SSSR count). The highest BCUT2D eigenvalue weighted by atomic mass is 16.5. The van der Waals surface area contributed by atoms with E-state index in [0.717, 1.165) is 67.2 Å². The molecule has 2 aliphatic rings. The lowest BCUT2D eigenvalue weighted by atomic mass is 10.0. The van der Waals surface area contributed by atoms with Crippen LogP contribution >= 0.6 is 0 Å². The number of imide groups is 1. The van der Waals surface area contributed by atoms with Gasteiger partial charge in [-0.2, -0.15) is 0 Å². The number of benzene rings is 3. The Hall–Kier alpha value is -7.83. The van der Waals surface area contributed by atoms with Gasteiger partial charge in [0.05, 0.1) is 24.9 Å². The van der Waals surface area contributed by atoms with Crippen LogP contribution in [0.4, 0.5) is 11.4 Å². The van der Waals surface area contributed by atoms with E-state index in [2.05, 4.69) is 51.7 Å². The third-order valence-electron chi connectivity index (χ3n) is 12.1. The van der Waals surface area contributed by atoms with Gasteiger partial charge in [-0.15, -0.1) is 15.3 Å². The van der Waals surface area contributed by atoms with Gasteiger partial charge < -0.3 is 30.2 Å². The highest BCUT2D eigenvalue weighted by Gasteiger charge is 2.40. The minimum Gasteiger partial charge on any atom is -0.494 e. The fraction of sp³-hybridized carbons (Fsp3) is 0.367. The van der Waals surface area contributed by atoms with Gasteiger partial charge in [0.25, 0.3) is 11.8 Å². The number of aryl methyl sites for hydroxylation is 2. The molecule has 0 bridgehead atoms. The molecule has 0 spiro atoms. The van der Waals surface area contributed by atoms with Crippen molar-refractivity contribution in [1.29, 1.82) is 0 Å². The van der Waals surface area contributed by atoms with E-state index in [9.17, 15) is 24.0 Å². The van der Waals surface area contributed by atoms with Crippen LogP contribution in [0.5, 0.6) is 5.75 Å². The Morgan fingerprint density at radius 2 is 1.78 bits per heavy atom. The molecule has 2 atom stereocenters. The van der Waals surface area contributed by atoms with Crippen LogP contribution in [0, 0.1) is 0 Å². The first kappa shape index (κ1) is 46.7. The van der Waals surface area contributed by atoms with Gasteiger partial charge >= 0.3 is 0 Å². The molecule has 1 saturated heterocycles. The maximum absolute atomic E-state index is 13.3. The second-order valence-electron chi connectivity index (χ2n) is 17.0. The van der Waals surface area contributed by atoms with E-state index in [1.54, 1.807) is 36.5 Å². The largest absolute Gasteiger partial charge is 0.494 e. The van der Waals surface area contributed by atoms with Gasteiger partial charge in [-0.05, 0) is 106 Å². The van der Waals surface area contributed by atoms with Gasteiger partial charge in [0.2, 0.25) is 17.7 Å². The molecule has 3 aromatic carbocycles. The molecule has 0 radical (unpaired) electrons. The van der Waals surface area contributed by atoms with Crippen molar-refractivity contribution in [3.63, 3.8) is 0 Å². The lowest BCUT2D eigenvalue weighted by Gasteiger charge is -2.29. The summed E-state index contributed by atoms with van der Waals surface area (Å²) in [6, 6.07) is 21.2. The number of aromatic nitrogens is 8. The van der Waals surface area contributed by atoms with Crippen molar-refractivity contribution >= 4 is 40.9 Å². The summed E-state index contributed by atoms with van der Waals surface area (Å²) < 4.78 is 9.83. The van der Waals surface area contributed by atoms with Gasteiger partial charge in [-0.1, -0.05) is 35.9 Å². The first-order valence-electron chi connectivity index (χ1n) is 23.1. The summed E-state index contributed by atoms with van der Waals surface area (Å²) in [7, 11) is 1.88. The summed E-state index contributed by atoms with van der Waals surface area (Å²) in [5.74, 6) is 0.699. The van der Waals surface area contributed by atoms with Gasteiger partial charge in [-0.25, -0.2) is 9.97 Å². The Kier molecular flexibility index (Phi) is 15.2. The number of unbranched alkanes of at least 4 members (excludes halogenated alkanes) is 4. The topological polar surface area (TPSA) is 233 Å². The smallest absolute Gasteiger partial charge is 0.255 e. The SMILES string of the molecule is C[C@@H](NC(=O)c1cccc(NCc2nnc(-c3ccncn3)n2C)c1)c1cccc(OCCCCCCn2cc(CCCCC(=O)Nc3cccc4c3CN(C3CCC(=O)NC3=O)C4=O)nn2)c1. The van der Waals surface area contributed by atoms with Crippen molar-refractivity contribution in [2.75, 3.05) is 17.2 Å². The van der Waals surface area contributed by atoms with E-state index in [1.165, 1.54) is 11.2 Å². The molecule has 1 unspecified atom stereocenters. The Morgan fingerprint density at radius 3 is 2.63 bits per heavy atom. The number of carbonyl (C=O) groups is 5. The number of anilines is 2. The van der Waals surface area contributed by atoms with Crippen LogP contribution in [0.3, 0.4) is 0 Å². The van der Waals surface area contributed by atoms with Crippen LogP contribution in [0.15, 0.2) is 91.5 Å². The van der Waals surface area contributed by atoms with Gasteiger partial charge in [0, 0.05) is 73.4 Å². The standard InChI is InChI=1S/C49H55N13O6/c1-32(53-47(65)34-13-9-15-35(26-34)51-28-43-57-58-46(60(43)2)41-22-23-50-31-52-41)33-12-10-16-37(27-33)68-25-8-4-3-7-24-61-29-36(56-59-61)14-5-6-19-44(63)54-40-18-11-17-38-39(40)30-62(49(38)67)42-20-21-45(64)55-48(42)66/h9-13,15-18,22-23,26-27,29,31-32,42,51H,3-8,14,19-21,24-25,28,30H2,1-2H3,(H,53,65)(H,54,63)(H,55,64,66)/t32-,42?/m1/s1. The first-order valence-corrected chi connectivity index (χ1v) is 23.1. The number of ether oxygens (including phenoxy) is 1. The minimum absolute atomic E-state index is 0.150. The number of hydrogen-bond donors (Lipinski definition) is 4. The predicted molar refractivity (Wildman–Crippen MR) is 251 cm³/mol. The van der Waals surface area contributed by atoms with Crippen molar-refractivity contribution in [2.24, 2.45) is 7.05 Å². The van der Waals surface area contributed by atoms with Gasteiger partial charge in [-0.3, -0.25) is 34.0 Å². The maximum Gasteiger partial charge on any atom is 0.255 e. The van der Waals surface area contributed by atoms with Crippen LogP contribution in [0.25, 0.3) is 11.5 Å². The molecule has 3 aromatic heterocycles. The Bertz CT molecular complexity index is 2760. The average Bonchev–Trinajstić information content (AvgIpc) is 4.06. The summed E-state index contributed by atoms with van der Waals surface area (Å²) >= 11 is 0. The number of fused-ring (bicyclic) bond motifs is 1. The number of piperidine rings is 1. The van der Waals surface area contributed by atoms with Crippen molar-refractivity contribution < 1.29 is 28.7 Å². The zero-order valence-corrected chi connectivity index (χ0v) is 38.2. The molecular formula is C49H55N13O6. The quantitative estimate of drug-likeness (QED) is 0.0472. The van der Waals surface area contributed by atoms with Crippen LogP contribution in [0.1, 0.15) is 114 Å². The number of nitrogens with zero attached hydrogens (tertiary/aromatic N) is 9. The first-order chi connectivity index (χ1) is 33.1. The third kappa shape index (κ3) is 11.8. The fourth-order valence-electron chi connectivity index (χ4n) is 8.34. The molecular weight excluding hydrogens is 867 g/mol. The fourth-order valence-corrected chi connectivity index (χ4v) is 8.34. The van der Waals surface area contributed by atoms with E-state index in [4.69, 9.17) is 4.74 Å². The van der Waals surface area contributed by atoms with Crippen molar-refractivity contribution in [3.8, 4) is 17.3 Å². The lowest BCUT2D eigenvalue weighted by Crippen LogP contribution is -2.52. The molecule has 1 fully saturated rings. The molecule has 4 N–H and O–H groups in total. The van der Waals surface area contributed by atoms with Crippen molar-refractivity contribution in [3.05, 3.63) is 125 Å². The molecule has 0 saturated carbocycles. The van der Waals surface area contributed by atoms with Gasteiger partial charge in [0.1, 0.15) is 23.8 Å². The van der Waals surface area contributed by atoms with E-state index in [-0.39, 0.29) is 49.1 Å². The monoisotopic (exact) mass is 921 g/mol. The van der Waals surface area contributed by atoms with E-state index >= 15 is 0 Å². The van der Waals surface area contributed by atoms with Crippen LogP contribution < -0.4 is 26.0 Å². The predicted octanol–water partition coefficient (Wildman–Crippen LogP) is 5.72. The molecule has 19 heteroatoms. The zero-order valence-electron chi connectivity index (χ0n) is 38.2. The zero-order chi connectivity index (χ0) is 47.4. The highest BCUT2D eigenvalue weighted by Crippen LogP contribution is 2.32. The minimum atomic E-state index is -0.714. The van der Waals surface area contributed by atoms with Crippen LogP contribution in [-0.4, -0.2) is 86.8 Å². The molecule has 5 amide bonds. The van der Waals surface area contributed by atoms with E-state index in [1.807, 2.05) is 71.9 Å². The van der Waals surface area contributed by atoms with Crippen molar-refractivity contribution in [2.45, 2.75) is 103 Å². The molecule has 352 valence electrons. The third-order valence-corrected chi connectivity index (χ3v) is 12.1. The van der Waals surface area contributed by atoms with E-state index < -0.39 is 11.9 Å². The summed E-state index contributed by atoms with van der Waals surface area (Å²) in [5.41, 5.74) is 5.52. The average molecular weight is 922 g/mol. The number of nitrogens with one attached hydrogen (secondary N) is 4. The Labute approximate surface area is 393 Å². The number of amides is 5. The second kappa shape index (κ2) is 22.1. The summed E-state index contributed by atoms with van der Waals surface area (Å²) in [6.45, 7) is 3.91. The maximum atomic E-state index is 13.3. The molecule has 5 heterocycles. The van der Waals surface area contributed by atoms with Crippen molar-refractivity contribution in [1.82, 2.24) is 55.3 Å². The molecule has 2 aliphatic heterocycles. The number of rotatable bonds is 22. The van der Waals surface area contributed by atoms with E-state index in [0.29, 0.717) is 66.3 Å². The Balaban J connectivity index is 0.687. The highest BCUT2D eigenvalue weighted by molar-refractivity contribution is 6.06. The van der Waals surface area contributed by atoms with Crippen LogP contribution in [-0.2, 0) is 47.5 Å². The summed E-state index contributed by atoms with van der Waals surface area (Å²) in [4.78, 5) is 73.0. The molecule has 6 aromatic rings. The molecule has 0 aliphatic carbocycles. The Morgan fingerprint density at radius 1 is 0.926 bits per heavy atom. The van der Waals surface area contributed by atoms with Crippen LogP contribution in [0.2, 0.25) is 0 Å². The normalized spacial score (nSPS) is 14.9. The molecule has 19 nitrogen and oxygen atoms in total. The summed E-state index contributed by atoms with van der Waals surface area (Å²) in [6.07, 6.45) is 11.9. The van der Waals surface area contributed by atoms with Gasteiger partial charge in [0.15, 0.2) is 11.6 Å². The molecule has 68 heavy (non-hydrogen) atoms. The second-order valence-corrected chi connectivity index (χ2v) is 17.0.